The van der Waals surface area contributed by atoms with Crippen LogP contribution in [0.2, 0.25) is 0 Å². The molecule has 0 amide bonds. The van der Waals surface area contributed by atoms with Gasteiger partial charge in [-0.25, -0.2) is 14.8 Å². The van der Waals surface area contributed by atoms with E-state index in [0.29, 0.717) is 16.8 Å². The Balaban J connectivity index is 1.32. The number of aromatic amines is 2. The standard InChI is InChI=1S/C85H99N5O2/c1-15-17-19-21-23-25-27-57-31-38-67(39-32-57)90(68-40-33-58(34-41-68)28-26-24-22-20-18-16-2)80-76-49-47-74(88-76)78(61-51-63(82(3,4)5)55-64(52-61)83(6,7)8)72-45-43-70(86-72)69(42-35-59-29-36-60(37-30-59)81(91)92)71-44-46-73(87-71)79(75-48-50-77(80)89-75)62-53-65(84(9,10)11)56-66(54-62)85(12,13)14/h29-34,36-41,43-56,86,89H,15-28H2,1-14H3,(H,91,92). The predicted molar refractivity (Wildman–Crippen MR) is 393 cm³/mol. The molecule has 8 bridgehead atoms. The maximum Gasteiger partial charge on any atom is 0.335 e. The second kappa shape index (κ2) is 28.2. The number of carboxylic acids is 1. The number of hydrogen-bond donors (Lipinski definition) is 3. The molecule has 0 unspecified atom stereocenters. The zero-order valence-corrected chi connectivity index (χ0v) is 57.6. The van der Waals surface area contributed by atoms with E-state index in [2.05, 4.69) is 257 Å². The highest BCUT2D eigenvalue weighted by Gasteiger charge is 2.28. The van der Waals surface area contributed by atoms with E-state index in [1.807, 2.05) is 0 Å². The predicted octanol–water partition coefficient (Wildman–Crippen LogP) is 23.6. The summed E-state index contributed by atoms with van der Waals surface area (Å²) < 4.78 is 0. The molecule has 10 rings (SSSR count). The van der Waals surface area contributed by atoms with Gasteiger partial charge in [0, 0.05) is 39.1 Å². The Kier molecular flexibility index (Phi) is 20.4. The highest BCUT2D eigenvalue weighted by atomic mass is 16.4. The molecule has 476 valence electrons. The molecule has 3 N–H and O–H groups in total. The van der Waals surface area contributed by atoms with Gasteiger partial charge < -0.3 is 20.0 Å². The molecule has 0 radical (unpaired) electrons. The molecule has 5 aromatic carbocycles. The van der Waals surface area contributed by atoms with Crippen molar-refractivity contribution in [3.63, 3.8) is 0 Å². The van der Waals surface area contributed by atoms with Gasteiger partial charge in [0.05, 0.1) is 50.6 Å². The molecule has 2 aliphatic rings. The Morgan fingerprint density at radius 2 is 0.804 bits per heavy atom. The van der Waals surface area contributed by atoms with Crippen LogP contribution in [0.3, 0.4) is 0 Å². The van der Waals surface area contributed by atoms with Gasteiger partial charge in [-0.3, -0.25) is 0 Å². The fraction of sp³-hybridized carbons (Fsp3) is 0.376. The number of nitrogens with one attached hydrogen (secondary N) is 2. The highest BCUT2D eigenvalue weighted by Crippen LogP contribution is 2.45. The number of aromatic carboxylic acids is 1. The third-order valence-electron chi connectivity index (χ3n) is 18.3. The lowest BCUT2D eigenvalue weighted by atomic mass is 9.78. The molecule has 0 saturated heterocycles. The number of aryl methyl sites for hydroxylation is 2. The molecule has 0 fully saturated rings. The van der Waals surface area contributed by atoms with E-state index in [1.165, 1.54) is 110 Å². The van der Waals surface area contributed by atoms with Crippen LogP contribution in [0.25, 0.3) is 68.6 Å². The van der Waals surface area contributed by atoms with Crippen LogP contribution in [0.4, 0.5) is 17.1 Å². The second-order valence-electron chi connectivity index (χ2n) is 29.9. The molecule has 0 atom stereocenters. The van der Waals surface area contributed by atoms with Crippen molar-refractivity contribution in [1.29, 1.82) is 0 Å². The second-order valence-corrected chi connectivity index (χ2v) is 29.9. The van der Waals surface area contributed by atoms with Gasteiger partial charge in [-0.05, 0) is 189 Å². The molecule has 8 aromatic rings. The average molecular weight is 1220 g/mol. The summed E-state index contributed by atoms with van der Waals surface area (Å²) in [4.78, 5) is 34.0. The van der Waals surface area contributed by atoms with Crippen LogP contribution in [0, 0.1) is 11.8 Å². The van der Waals surface area contributed by atoms with Gasteiger partial charge in [0.1, 0.15) is 0 Å². The number of fused-ring (bicyclic) bond motifs is 8. The topological polar surface area (TPSA) is 97.9 Å². The molecular weight excluding hydrogens is 1120 g/mol. The van der Waals surface area contributed by atoms with E-state index >= 15 is 0 Å². The smallest absolute Gasteiger partial charge is 0.335 e. The Morgan fingerprint density at radius 1 is 0.424 bits per heavy atom. The molecule has 0 saturated carbocycles. The third-order valence-corrected chi connectivity index (χ3v) is 18.3. The Morgan fingerprint density at radius 3 is 1.24 bits per heavy atom. The monoisotopic (exact) mass is 1220 g/mol. The number of hydrogen-bond acceptors (Lipinski definition) is 4. The van der Waals surface area contributed by atoms with Crippen molar-refractivity contribution in [2.75, 3.05) is 4.90 Å². The van der Waals surface area contributed by atoms with Crippen LogP contribution in [0.5, 0.6) is 0 Å². The summed E-state index contributed by atoms with van der Waals surface area (Å²) in [7, 11) is 0. The van der Waals surface area contributed by atoms with E-state index in [0.717, 1.165) is 91.3 Å². The lowest BCUT2D eigenvalue weighted by Crippen LogP contribution is -2.16. The van der Waals surface area contributed by atoms with Crippen molar-refractivity contribution in [2.24, 2.45) is 0 Å². The summed E-state index contributed by atoms with van der Waals surface area (Å²) in [6, 6.07) is 48.4. The highest BCUT2D eigenvalue weighted by molar-refractivity contribution is 6.00. The largest absolute Gasteiger partial charge is 0.478 e. The van der Waals surface area contributed by atoms with Crippen molar-refractivity contribution < 1.29 is 9.90 Å². The lowest BCUT2D eigenvalue weighted by molar-refractivity contribution is 0.0696. The molecule has 7 heteroatoms. The van der Waals surface area contributed by atoms with Gasteiger partial charge in [0.2, 0.25) is 0 Å². The molecule has 7 nitrogen and oxygen atoms in total. The number of nitrogens with zero attached hydrogens (tertiary/aromatic N) is 3. The fourth-order valence-electron chi connectivity index (χ4n) is 12.5. The van der Waals surface area contributed by atoms with Gasteiger partial charge in [0.15, 0.2) is 0 Å². The first kappa shape index (κ1) is 66.5. The van der Waals surface area contributed by atoms with Gasteiger partial charge in [0.25, 0.3) is 0 Å². The van der Waals surface area contributed by atoms with Crippen molar-refractivity contribution >= 4 is 69.4 Å². The summed E-state index contributed by atoms with van der Waals surface area (Å²) in [6.07, 6.45) is 25.9. The van der Waals surface area contributed by atoms with Gasteiger partial charge in [-0.1, -0.05) is 234 Å². The molecule has 2 aliphatic heterocycles. The van der Waals surface area contributed by atoms with Crippen LogP contribution < -0.4 is 4.90 Å². The number of carbonyl (C=O) groups is 1. The number of unbranched alkanes of at least 4 members (excludes halogenated alkanes) is 10. The fourth-order valence-corrected chi connectivity index (χ4v) is 12.5. The van der Waals surface area contributed by atoms with Crippen LogP contribution in [-0.2, 0) is 34.5 Å². The maximum atomic E-state index is 12.0. The SMILES string of the molecule is CCCCCCCCc1ccc(N(c2ccc(CCCCCCCC)cc2)c2c3nc(c(-c4cc(C(C)(C)C)cc(C(C)(C)C)c4)c4ccc([nH]4)c(C#Cc4ccc(C(=O)O)cc4)c4nc(c(-c5cc(C(C)(C)C)cc(C(C)(C)C)c5)c5ccc2[nH]5)C=C4)C=C3)cc1. The minimum atomic E-state index is -0.979. The number of carboxylic acid groups (broad SMARTS) is 1. The van der Waals surface area contributed by atoms with Crippen molar-refractivity contribution in [2.45, 2.75) is 208 Å². The Hall–Kier alpha value is -8.47. The van der Waals surface area contributed by atoms with E-state index in [9.17, 15) is 9.90 Å². The lowest BCUT2D eigenvalue weighted by Gasteiger charge is -2.27. The number of rotatable bonds is 20. The van der Waals surface area contributed by atoms with Crippen molar-refractivity contribution in [3.05, 3.63) is 206 Å². The van der Waals surface area contributed by atoms with E-state index < -0.39 is 5.97 Å². The first-order chi connectivity index (χ1) is 43.9. The van der Waals surface area contributed by atoms with E-state index in [4.69, 9.17) is 9.97 Å². The van der Waals surface area contributed by atoms with Crippen LogP contribution in [0.1, 0.15) is 252 Å². The molecule has 3 aromatic heterocycles. The zero-order chi connectivity index (χ0) is 65.5. The number of anilines is 3. The minimum Gasteiger partial charge on any atom is -0.478 e. The summed E-state index contributed by atoms with van der Waals surface area (Å²) in [6.45, 7) is 32.1. The van der Waals surface area contributed by atoms with Crippen LogP contribution >= 0.6 is 0 Å². The summed E-state index contributed by atoms with van der Waals surface area (Å²) in [5.74, 6) is 6.01. The molecule has 5 heterocycles. The summed E-state index contributed by atoms with van der Waals surface area (Å²) in [5, 5.41) is 9.79. The zero-order valence-electron chi connectivity index (χ0n) is 57.6. The minimum absolute atomic E-state index is 0.153. The number of benzene rings is 5. The first-order valence-electron chi connectivity index (χ1n) is 34.2. The van der Waals surface area contributed by atoms with Gasteiger partial charge >= 0.3 is 5.97 Å². The maximum absolute atomic E-state index is 12.0. The van der Waals surface area contributed by atoms with Crippen molar-refractivity contribution in [1.82, 2.24) is 19.9 Å². The van der Waals surface area contributed by atoms with Crippen LogP contribution in [-0.4, -0.2) is 31.0 Å². The van der Waals surface area contributed by atoms with Crippen molar-refractivity contribution in [3.8, 4) is 34.1 Å². The summed E-state index contributed by atoms with van der Waals surface area (Å²) in [5.41, 5.74) is 22.5. The molecule has 0 aliphatic carbocycles. The van der Waals surface area contributed by atoms with E-state index in [-0.39, 0.29) is 27.2 Å². The van der Waals surface area contributed by atoms with Crippen LogP contribution in [0.15, 0.2) is 133 Å². The van der Waals surface area contributed by atoms with E-state index in [1.54, 1.807) is 24.3 Å². The molecular formula is C85H99N5O2. The summed E-state index contributed by atoms with van der Waals surface area (Å²) >= 11 is 0. The average Bonchev–Trinajstić information content (AvgIpc) is 1.53. The number of H-pyrrole nitrogens is 2. The van der Waals surface area contributed by atoms with Gasteiger partial charge in [-0.15, -0.1) is 0 Å². The molecule has 92 heavy (non-hydrogen) atoms. The quantitative estimate of drug-likeness (QED) is 0.0522. The molecule has 0 spiro atoms. The number of aromatic nitrogens is 4. The normalized spacial score (nSPS) is 12.5. The van der Waals surface area contributed by atoms with Gasteiger partial charge in [-0.2, -0.15) is 0 Å². The first-order valence-corrected chi connectivity index (χ1v) is 34.2. The Labute approximate surface area is 550 Å². The third kappa shape index (κ3) is 15.9. The Bertz CT molecular complexity index is 4040.